The van der Waals surface area contributed by atoms with Crippen molar-refractivity contribution in [1.29, 1.82) is 0 Å². The quantitative estimate of drug-likeness (QED) is 0.715. The third-order valence-electron chi connectivity index (χ3n) is 3.31. The highest BCUT2D eigenvalue weighted by Gasteiger charge is 2.13. The molecule has 0 radical (unpaired) electrons. The van der Waals surface area contributed by atoms with E-state index in [1.165, 1.54) is 5.56 Å². The van der Waals surface area contributed by atoms with Gasteiger partial charge in [0, 0.05) is 16.9 Å². The average Bonchev–Trinajstić information content (AvgIpc) is 2.54. The average molecular weight is 316 g/mol. The van der Waals surface area contributed by atoms with E-state index in [0.29, 0.717) is 23.7 Å². The first-order chi connectivity index (χ1) is 10.7. The first-order valence-electron chi connectivity index (χ1n) is 7.01. The molecule has 0 aliphatic heterocycles. The van der Waals surface area contributed by atoms with Crippen molar-refractivity contribution in [1.82, 2.24) is 0 Å². The summed E-state index contributed by atoms with van der Waals surface area (Å²) in [6.07, 6.45) is 2.85. The van der Waals surface area contributed by atoms with Gasteiger partial charge < -0.3 is 9.47 Å². The van der Waals surface area contributed by atoms with Gasteiger partial charge in [-0.25, -0.2) is 0 Å². The van der Waals surface area contributed by atoms with Crippen molar-refractivity contribution in [3.05, 3.63) is 58.7 Å². The van der Waals surface area contributed by atoms with Gasteiger partial charge in [-0.15, -0.1) is 0 Å². The third kappa shape index (κ3) is 4.04. The van der Waals surface area contributed by atoms with Crippen LogP contribution in [0.5, 0.6) is 11.5 Å². The Morgan fingerprint density at radius 3 is 2.50 bits per heavy atom. The molecular weight excluding hydrogens is 296 g/mol. The topological polar surface area (TPSA) is 35.5 Å². The zero-order valence-electron chi connectivity index (χ0n) is 13.1. The number of ether oxygens (including phenoxy) is 2. The maximum absolute atomic E-state index is 11.1. The van der Waals surface area contributed by atoms with Crippen molar-refractivity contribution in [3.8, 4) is 11.5 Å². The SMILES string of the molecule is COc1cc(C=O)cc(CSC)c1OCc1ccc(C)cc1. The summed E-state index contributed by atoms with van der Waals surface area (Å²) in [7, 11) is 1.59. The van der Waals surface area contributed by atoms with Crippen LogP contribution < -0.4 is 9.47 Å². The lowest BCUT2D eigenvalue weighted by Gasteiger charge is -2.16. The number of carbonyl (C=O) groups is 1. The second-order valence-electron chi connectivity index (χ2n) is 5.04. The Hall–Kier alpha value is -1.94. The van der Waals surface area contributed by atoms with E-state index in [9.17, 15) is 4.79 Å². The highest BCUT2D eigenvalue weighted by molar-refractivity contribution is 7.97. The molecule has 22 heavy (non-hydrogen) atoms. The molecule has 116 valence electrons. The summed E-state index contributed by atoms with van der Waals surface area (Å²) in [6.45, 7) is 2.53. The number of methoxy groups -OCH3 is 1. The van der Waals surface area contributed by atoms with Crippen molar-refractivity contribution in [2.45, 2.75) is 19.3 Å². The van der Waals surface area contributed by atoms with Crippen LogP contribution >= 0.6 is 11.8 Å². The number of aldehydes is 1. The molecule has 2 aromatic carbocycles. The van der Waals surface area contributed by atoms with E-state index in [1.54, 1.807) is 24.9 Å². The monoisotopic (exact) mass is 316 g/mol. The number of aryl methyl sites for hydroxylation is 1. The lowest BCUT2D eigenvalue weighted by molar-refractivity contribution is 0.112. The van der Waals surface area contributed by atoms with Gasteiger partial charge in [0.15, 0.2) is 11.5 Å². The lowest BCUT2D eigenvalue weighted by atomic mass is 10.1. The number of hydrogen-bond acceptors (Lipinski definition) is 4. The molecule has 0 saturated heterocycles. The van der Waals surface area contributed by atoms with E-state index >= 15 is 0 Å². The fourth-order valence-electron chi connectivity index (χ4n) is 2.17. The Kier molecular flexibility index (Phi) is 5.90. The molecule has 0 N–H and O–H groups in total. The van der Waals surface area contributed by atoms with E-state index in [-0.39, 0.29) is 0 Å². The fraction of sp³-hybridized carbons (Fsp3) is 0.278. The Morgan fingerprint density at radius 2 is 1.91 bits per heavy atom. The van der Waals surface area contributed by atoms with E-state index in [4.69, 9.17) is 9.47 Å². The van der Waals surface area contributed by atoms with Crippen LogP contribution in [0.25, 0.3) is 0 Å². The summed E-state index contributed by atoms with van der Waals surface area (Å²) >= 11 is 1.68. The molecule has 0 aliphatic carbocycles. The molecule has 3 nitrogen and oxygen atoms in total. The second-order valence-corrected chi connectivity index (χ2v) is 5.90. The normalized spacial score (nSPS) is 10.3. The second kappa shape index (κ2) is 7.90. The molecule has 4 heteroatoms. The first kappa shape index (κ1) is 16.4. The standard InChI is InChI=1S/C18H20O3S/c1-13-4-6-14(7-5-13)11-21-18-16(12-22-3)8-15(10-19)9-17(18)20-2/h4-10H,11-12H2,1-3H3. The molecule has 0 aliphatic rings. The molecule has 0 unspecified atom stereocenters. The largest absolute Gasteiger partial charge is 0.493 e. The summed E-state index contributed by atoms with van der Waals surface area (Å²) in [6, 6.07) is 11.8. The third-order valence-corrected chi connectivity index (χ3v) is 3.91. The molecule has 2 rings (SSSR count). The minimum absolute atomic E-state index is 0.471. The van der Waals surface area contributed by atoms with Crippen LogP contribution in [-0.2, 0) is 12.4 Å². The molecule has 0 bridgehead atoms. The van der Waals surface area contributed by atoms with Gasteiger partial charge in [-0.1, -0.05) is 29.8 Å². The van der Waals surface area contributed by atoms with Crippen molar-refractivity contribution in [2.75, 3.05) is 13.4 Å². The van der Waals surface area contributed by atoms with Crippen LogP contribution in [0.1, 0.15) is 27.0 Å². The van der Waals surface area contributed by atoms with Crippen molar-refractivity contribution in [3.63, 3.8) is 0 Å². The van der Waals surface area contributed by atoms with E-state index in [1.807, 2.05) is 12.3 Å². The number of benzene rings is 2. The minimum atomic E-state index is 0.471. The predicted molar refractivity (Wildman–Crippen MR) is 91.1 cm³/mol. The maximum Gasteiger partial charge on any atom is 0.165 e. The highest BCUT2D eigenvalue weighted by Crippen LogP contribution is 2.35. The van der Waals surface area contributed by atoms with Gasteiger partial charge in [0.05, 0.1) is 7.11 Å². The van der Waals surface area contributed by atoms with Gasteiger partial charge in [-0.05, 0) is 30.9 Å². The van der Waals surface area contributed by atoms with Gasteiger partial charge in [-0.3, -0.25) is 4.79 Å². The van der Waals surface area contributed by atoms with Crippen LogP contribution in [0.4, 0.5) is 0 Å². The zero-order chi connectivity index (χ0) is 15.9. The van der Waals surface area contributed by atoms with Crippen LogP contribution in [0, 0.1) is 6.92 Å². The Labute approximate surface area is 135 Å². The molecule has 0 atom stereocenters. The van der Waals surface area contributed by atoms with Crippen molar-refractivity contribution >= 4 is 18.0 Å². The summed E-state index contributed by atoms with van der Waals surface area (Å²) in [4.78, 5) is 11.1. The molecule has 2 aromatic rings. The molecule has 0 fully saturated rings. The van der Waals surface area contributed by atoms with Crippen molar-refractivity contribution in [2.24, 2.45) is 0 Å². The highest BCUT2D eigenvalue weighted by atomic mass is 32.2. The summed E-state index contributed by atoms with van der Waals surface area (Å²) in [5, 5.41) is 0. The molecular formula is C18H20O3S. The fourth-order valence-corrected chi connectivity index (χ4v) is 2.70. The summed E-state index contributed by atoms with van der Waals surface area (Å²) in [5.41, 5.74) is 3.90. The number of thioether (sulfide) groups is 1. The van der Waals surface area contributed by atoms with E-state index < -0.39 is 0 Å². The lowest BCUT2D eigenvalue weighted by Crippen LogP contribution is -2.02. The molecule has 0 spiro atoms. The van der Waals surface area contributed by atoms with Gasteiger partial charge >= 0.3 is 0 Å². The Balaban J connectivity index is 2.27. The minimum Gasteiger partial charge on any atom is -0.493 e. The van der Waals surface area contributed by atoms with Gasteiger partial charge in [0.1, 0.15) is 12.9 Å². The molecule has 0 heterocycles. The zero-order valence-corrected chi connectivity index (χ0v) is 13.9. The Morgan fingerprint density at radius 1 is 1.18 bits per heavy atom. The van der Waals surface area contributed by atoms with Gasteiger partial charge in [-0.2, -0.15) is 11.8 Å². The van der Waals surface area contributed by atoms with Gasteiger partial charge in [0.2, 0.25) is 0 Å². The van der Waals surface area contributed by atoms with Crippen molar-refractivity contribution < 1.29 is 14.3 Å². The first-order valence-corrected chi connectivity index (χ1v) is 8.40. The van der Waals surface area contributed by atoms with Crippen LogP contribution in [0.3, 0.4) is 0 Å². The summed E-state index contributed by atoms with van der Waals surface area (Å²) in [5.74, 6) is 2.07. The molecule has 0 amide bonds. The number of carbonyl (C=O) groups excluding carboxylic acids is 1. The van der Waals surface area contributed by atoms with Gasteiger partial charge in [0.25, 0.3) is 0 Å². The van der Waals surface area contributed by atoms with Crippen LogP contribution in [-0.4, -0.2) is 19.7 Å². The van der Waals surface area contributed by atoms with Crippen LogP contribution in [0.2, 0.25) is 0 Å². The smallest absolute Gasteiger partial charge is 0.165 e. The molecule has 0 saturated carbocycles. The van der Waals surface area contributed by atoms with E-state index in [0.717, 1.165) is 23.2 Å². The summed E-state index contributed by atoms with van der Waals surface area (Å²) < 4.78 is 11.4. The maximum atomic E-state index is 11.1. The number of hydrogen-bond donors (Lipinski definition) is 0. The van der Waals surface area contributed by atoms with E-state index in [2.05, 4.69) is 31.2 Å². The Bertz CT molecular complexity index is 636. The predicted octanol–water partition coefficient (Wildman–Crippen LogP) is 4.26. The molecule has 0 aromatic heterocycles. The van der Waals surface area contributed by atoms with Crippen LogP contribution in [0.15, 0.2) is 36.4 Å². The number of rotatable bonds is 7.